The highest BCUT2D eigenvalue weighted by Gasteiger charge is 2.38. The van der Waals surface area contributed by atoms with E-state index in [4.69, 9.17) is 4.74 Å². The molecule has 1 aliphatic carbocycles. The second kappa shape index (κ2) is 8.85. The molecule has 1 aliphatic rings. The topological polar surface area (TPSA) is 84.5 Å². The molecule has 2 N–H and O–H groups in total. The normalized spacial score (nSPS) is 21.2. The number of rotatable bonds is 7. The molecule has 0 heterocycles. The van der Waals surface area contributed by atoms with Gasteiger partial charge in [-0.1, -0.05) is 54.6 Å². The second-order valence-electron chi connectivity index (χ2n) is 7.56. The van der Waals surface area contributed by atoms with Crippen molar-refractivity contribution in [2.45, 2.75) is 31.5 Å². The van der Waals surface area contributed by atoms with E-state index in [1.54, 1.807) is 42.5 Å². The largest absolute Gasteiger partial charge is 0.465 e. The molecule has 0 fully saturated rings. The molecule has 0 radical (unpaired) electrons. The van der Waals surface area contributed by atoms with E-state index in [-0.39, 0.29) is 17.9 Å². The van der Waals surface area contributed by atoms with Crippen LogP contribution in [0, 0.1) is 0 Å². The molecule has 2 atom stereocenters. The van der Waals surface area contributed by atoms with Crippen LogP contribution in [0.3, 0.4) is 0 Å². The number of nitrogens with one attached hydrogen (secondary N) is 2. The Kier molecular flexibility index (Phi) is 6.43. The van der Waals surface area contributed by atoms with E-state index in [2.05, 4.69) is 10.0 Å². The fraction of sp³-hybridized carbons (Fsp3) is 0.261. The van der Waals surface area contributed by atoms with Crippen molar-refractivity contribution >= 4 is 15.9 Å². The van der Waals surface area contributed by atoms with Crippen molar-refractivity contribution in [2.75, 3.05) is 6.26 Å². The highest BCUT2D eigenvalue weighted by atomic mass is 32.2. The standard InChI is InChI=1S/C23H26N2O4S/c1-17(2)24-22(26)21-16-23(25-30(3,27)28,29-19-12-8-5-9-13-19)15-14-20(21)18-10-6-4-7-11-18/h4-17,20,25H,1-3H3,(H,24,26). The van der Waals surface area contributed by atoms with Gasteiger partial charge in [-0.15, -0.1) is 0 Å². The van der Waals surface area contributed by atoms with Crippen LogP contribution in [0.25, 0.3) is 0 Å². The van der Waals surface area contributed by atoms with E-state index in [0.29, 0.717) is 11.3 Å². The number of hydrogen-bond donors (Lipinski definition) is 2. The molecule has 2 aromatic carbocycles. The van der Waals surface area contributed by atoms with Crippen LogP contribution >= 0.6 is 0 Å². The summed E-state index contributed by atoms with van der Waals surface area (Å²) in [5.41, 5.74) is -0.194. The smallest absolute Gasteiger partial charge is 0.248 e. The first-order valence-electron chi connectivity index (χ1n) is 9.68. The first-order valence-corrected chi connectivity index (χ1v) is 11.6. The summed E-state index contributed by atoms with van der Waals surface area (Å²) in [6, 6.07) is 18.4. The van der Waals surface area contributed by atoms with Crippen LogP contribution in [0.4, 0.5) is 0 Å². The molecule has 0 aliphatic heterocycles. The van der Waals surface area contributed by atoms with Gasteiger partial charge in [-0.05, 0) is 43.7 Å². The average molecular weight is 427 g/mol. The average Bonchev–Trinajstić information content (AvgIpc) is 2.67. The zero-order valence-corrected chi connectivity index (χ0v) is 18.0. The van der Waals surface area contributed by atoms with Gasteiger partial charge in [-0.2, -0.15) is 4.72 Å². The van der Waals surface area contributed by atoms with Gasteiger partial charge in [0.2, 0.25) is 21.7 Å². The summed E-state index contributed by atoms with van der Waals surface area (Å²) in [7, 11) is -3.66. The molecule has 0 spiro atoms. The van der Waals surface area contributed by atoms with Gasteiger partial charge in [0.1, 0.15) is 5.75 Å². The first kappa shape index (κ1) is 21.8. The van der Waals surface area contributed by atoms with Gasteiger partial charge in [0.15, 0.2) is 0 Å². The van der Waals surface area contributed by atoms with Crippen molar-refractivity contribution in [1.29, 1.82) is 0 Å². The highest BCUT2D eigenvalue weighted by molar-refractivity contribution is 7.88. The molecule has 30 heavy (non-hydrogen) atoms. The molecule has 158 valence electrons. The molecule has 1 amide bonds. The molecule has 0 saturated carbocycles. The van der Waals surface area contributed by atoms with E-state index in [1.165, 1.54) is 0 Å². The molecule has 3 rings (SSSR count). The number of para-hydroxylation sites is 1. The molecular weight excluding hydrogens is 400 g/mol. The predicted molar refractivity (Wildman–Crippen MR) is 117 cm³/mol. The summed E-state index contributed by atoms with van der Waals surface area (Å²) in [6.45, 7) is 3.74. The van der Waals surface area contributed by atoms with Crippen molar-refractivity contribution < 1.29 is 17.9 Å². The summed E-state index contributed by atoms with van der Waals surface area (Å²) in [5.74, 6) is -0.144. The lowest BCUT2D eigenvalue weighted by Gasteiger charge is -2.34. The Bertz CT molecular complexity index is 1050. The van der Waals surface area contributed by atoms with Gasteiger partial charge in [0.05, 0.1) is 6.26 Å². The van der Waals surface area contributed by atoms with Crippen molar-refractivity contribution in [3.63, 3.8) is 0 Å². The Morgan fingerprint density at radius 3 is 2.20 bits per heavy atom. The van der Waals surface area contributed by atoms with E-state index in [0.717, 1.165) is 11.8 Å². The van der Waals surface area contributed by atoms with Crippen molar-refractivity contribution in [2.24, 2.45) is 0 Å². The fourth-order valence-electron chi connectivity index (χ4n) is 3.34. The van der Waals surface area contributed by atoms with Gasteiger partial charge in [-0.25, -0.2) is 8.42 Å². The molecule has 2 aromatic rings. The molecule has 0 aromatic heterocycles. The minimum absolute atomic E-state index is 0.0759. The van der Waals surface area contributed by atoms with Crippen LogP contribution in [0.15, 0.2) is 84.5 Å². The Balaban J connectivity index is 2.09. The van der Waals surface area contributed by atoms with Crippen LogP contribution in [0.2, 0.25) is 0 Å². The zero-order chi connectivity index (χ0) is 21.8. The van der Waals surface area contributed by atoms with E-state index < -0.39 is 15.7 Å². The summed E-state index contributed by atoms with van der Waals surface area (Å²) < 4.78 is 32.9. The number of amides is 1. The number of carbonyl (C=O) groups is 1. The molecule has 0 saturated heterocycles. The van der Waals surface area contributed by atoms with E-state index >= 15 is 0 Å². The third kappa shape index (κ3) is 5.58. The molecule has 2 unspecified atom stereocenters. The van der Waals surface area contributed by atoms with Crippen LogP contribution in [0.1, 0.15) is 25.3 Å². The molecular formula is C23H26N2O4S. The highest BCUT2D eigenvalue weighted by Crippen LogP contribution is 2.34. The lowest BCUT2D eigenvalue weighted by atomic mass is 9.84. The van der Waals surface area contributed by atoms with Crippen molar-refractivity contribution in [3.8, 4) is 5.75 Å². The number of carbonyl (C=O) groups excluding carboxylic acids is 1. The molecule has 7 heteroatoms. The van der Waals surface area contributed by atoms with Gasteiger partial charge in [0.25, 0.3) is 0 Å². The van der Waals surface area contributed by atoms with Gasteiger partial charge >= 0.3 is 0 Å². The maximum Gasteiger partial charge on any atom is 0.248 e. The van der Waals surface area contributed by atoms with E-state index in [1.807, 2.05) is 50.2 Å². The zero-order valence-electron chi connectivity index (χ0n) is 17.2. The summed E-state index contributed by atoms with van der Waals surface area (Å²) >= 11 is 0. The van der Waals surface area contributed by atoms with Gasteiger partial charge in [-0.3, -0.25) is 4.79 Å². The lowest BCUT2D eigenvalue weighted by molar-refractivity contribution is -0.118. The monoisotopic (exact) mass is 426 g/mol. The number of allylic oxidation sites excluding steroid dienone is 1. The third-order valence-electron chi connectivity index (χ3n) is 4.46. The SMILES string of the molecule is CC(C)NC(=O)C1=CC(NS(C)(=O)=O)(Oc2ccccc2)C=CC1c1ccccc1. The Labute approximate surface area is 177 Å². The predicted octanol–water partition coefficient (Wildman–Crippen LogP) is 3.12. The quantitative estimate of drug-likeness (QED) is 0.526. The lowest BCUT2D eigenvalue weighted by Crippen LogP contribution is -2.52. The number of sulfonamides is 1. The Hall–Kier alpha value is -2.90. The van der Waals surface area contributed by atoms with Crippen LogP contribution in [-0.4, -0.2) is 32.3 Å². The number of benzene rings is 2. The minimum Gasteiger partial charge on any atom is -0.465 e. The summed E-state index contributed by atoms with van der Waals surface area (Å²) in [6.07, 6.45) is 6.05. The minimum atomic E-state index is -3.66. The van der Waals surface area contributed by atoms with Crippen LogP contribution in [-0.2, 0) is 14.8 Å². The summed E-state index contributed by atoms with van der Waals surface area (Å²) in [5, 5.41) is 2.90. The third-order valence-corrected chi connectivity index (χ3v) is 5.15. The van der Waals surface area contributed by atoms with Gasteiger partial charge < -0.3 is 10.1 Å². The second-order valence-corrected chi connectivity index (χ2v) is 9.31. The van der Waals surface area contributed by atoms with E-state index in [9.17, 15) is 13.2 Å². The van der Waals surface area contributed by atoms with Crippen molar-refractivity contribution in [1.82, 2.24) is 10.0 Å². The Morgan fingerprint density at radius 1 is 1.03 bits per heavy atom. The summed E-state index contributed by atoms with van der Waals surface area (Å²) in [4.78, 5) is 13.1. The number of hydrogen-bond acceptors (Lipinski definition) is 4. The molecule has 0 bridgehead atoms. The van der Waals surface area contributed by atoms with Crippen LogP contribution < -0.4 is 14.8 Å². The van der Waals surface area contributed by atoms with Crippen LogP contribution in [0.5, 0.6) is 5.75 Å². The number of ether oxygens (including phenoxy) is 1. The maximum atomic E-state index is 13.1. The molecule has 6 nitrogen and oxygen atoms in total. The maximum absolute atomic E-state index is 13.1. The fourth-order valence-corrected chi connectivity index (χ4v) is 4.08. The van der Waals surface area contributed by atoms with Crippen molar-refractivity contribution in [3.05, 3.63) is 90.0 Å². The van der Waals surface area contributed by atoms with Gasteiger partial charge in [0, 0.05) is 17.5 Å². The Morgan fingerprint density at radius 2 is 1.63 bits per heavy atom. The first-order chi connectivity index (χ1) is 14.2.